The van der Waals surface area contributed by atoms with Crippen LogP contribution in [0, 0.1) is 5.92 Å². The third kappa shape index (κ3) is 3.08. The number of hydrogen-bond acceptors (Lipinski definition) is 3. The van der Waals surface area contributed by atoms with Crippen molar-refractivity contribution in [1.29, 1.82) is 0 Å². The van der Waals surface area contributed by atoms with Crippen molar-refractivity contribution in [2.45, 2.75) is 18.6 Å². The first-order chi connectivity index (χ1) is 8.84. The third-order valence-corrected chi connectivity index (χ3v) is 3.70. The van der Waals surface area contributed by atoms with Gasteiger partial charge in [-0.25, -0.2) is 0 Å². The van der Waals surface area contributed by atoms with Crippen LogP contribution in [-0.2, 0) is 9.53 Å². The van der Waals surface area contributed by atoms with E-state index in [4.69, 9.17) is 4.74 Å². The molecule has 0 saturated carbocycles. The van der Waals surface area contributed by atoms with Crippen molar-refractivity contribution < 1.29 is 9.53 Å². The van der Waals surface area contributed by atoms with Gasteiger partial charge in [-0.1, -0.05) is 30.3 Å². The minimum atomic E-state index is 0. The van der Waals surface area contributed by atoms with Gasteiger partial charge in [0, 0.05) is 19.7 Å². The van der Waals surface area contributed by atoms with E-state index in [9.17, 15) is 4.79 Å². The second kappa shape index (κ2) is 6.37. The quantitative estimate of drug-likeness (QED) is 0.878. The highest BCUT2D eigenvalue weighted by atomic mass is 35.5. The molecule has 2 atom stereocenters. The predicted molar refractivity (Wildman–Crippen MR) is 75.3 cm³/mol. The lowest BCUT2D eigenvalue weighted by Gasteiger charge is -2.28. The van der Waals surface area contributed by atoms with Gasteiger partial charge < -0.3 is 15.4 Å². The molecule has 1 amide bonds. The van der Waals surface area contributed by atoms with Crippen molar-refractivity contribution in [1.82, 2.24) is 10.6 Å². The Hall–Kier alpha value is -1.10. The molecular weight excluding hydrogens is 264 g/mol. The van der Waals surface area contributed by atoms with Gasteiger partial charge in [0.15, 0.2) is 0 Å². The van der Waals surface area contributed by atoms with Crippen molar-refractivity contribution in [2.75, 3.05) is 19.7 Å². The molecule has 19 heavy (non-hydrogen) atoms. The van der Waals surface area contributed by atoms with Gasteiger partial charge >= 0.3 is 0 Å². The zero-order chi connectivity index (χ0) is 12.4. The van der Waals surface area contributed by atoms with E-state index in [1.54, 1.807) is 0 Å². The summed E-state index contributed by atoms with van der Waals surface area (Å²) in [6.07, 6.45) is 0.897. The zero-order valence-corrected chi connectivity index (χ0v) is 11.5. The topological polar surface area (TPSA) is 50.4 Å². The minimum absolute atomic E-state index is 0. The molecule has 104 valence electrons. The number of amides is 1. The van der Waals surface area contributed by atoms with E-state index in [1.165, 1.54) is 0 Å². The van der Waals surface area contributed by atoms with Crippen molar-refractivity contribution >= 4 is 18.3 Å². The third-order valence-electron chi connectivity index (χ3n) is 3.70. The smallest absolute Gasteiger partial charge is 0.226 e. The van der Waals surface area contributed by atoms with E-state index in [0.29, 0.717) is 6.61 Å². The lowest BCUT2D eigenvalue weighted by atomic mass is 9.99. The van der Waals surface area contributed by atoms with Crippen molar-refractivity contribution in [3.8, 4) is 0 Å². The molecule has 1 aromatic rings. The maximum Gasteiger partial charge on any atom is 0.226 e. The Morgan fingerprint density at radius 2 is 2.00 bits per heavy atom. The van der Waals surface area contributed by atoms with Crippen LogP contribution < -0.4 is 10.6 Å². The summed E-state index contributed by atoms with van der Waals surface area (Å²) in [6.45, 7) is 2.32. The monoisotopic (exact) mass is 282 g/mol. The van der Waals surface area contributed by atoms with Gasteiger partial charge in [-0.3, -0.25) is 4.79 Å². The number of carbonyl (C=O) groups is 1. The highest BCUT2D eigenvalue weighted by Crippen LogP contribution is 2.29. The average molecular weight is 283 g/mol. The van der Waals surface area contributed by atoms with E-state index in [2.05, 4.69) is 22.8 Å². The summed E-state index contributed by atoms with van der Waals surface area (Å²) in [7, 11) is 0. The summed E-state index contributed by atoms with van der Waals surface area (Å²) >= 11 is 0. The van der Waals surface area contributed by atoms with Crippen molar-refractivity contribution in [3.05, 3.63) is 35.9 Å². The van der Waals surface area contributed by atoms with Crippen LogP contribution in [0.2, 0.25) is 0 Å². The lowest BCUT2D eigenvalue weighted by Crippen LogP contribution is -2.53. The Kier molecular flexibility index (Phi) is 4.80. The summed E-state index contributed by atoms with van der Waals surface area (Å²) in [4.78, 5) is 12.0. The predicted octanol–water partition coefficient (Wildman–Crippen LogP) is 1.27. The highest BCUT2D eigenvalue weighted by molar-refractivity contribution is 5.85. The fraction of sp³-hybridized carbons (Fsp3) is 0.500. The van der Waals surface area contributed by atoms with Gasteiger partial charge in [0.1, 0.15) is 6.10 Å². The van der Waals surface area contributed by atoms with Gasteiger partial charge in [-0.05, 0) is 12.0 Å². The molecule has 2 aliphatic heterocycles. The zero-order valence-electron chi connectivity index (χ0n) is 10.7. The number of benzene rings is 1. The molecule has 2 heterocycles. The summed E-state index contributed by atoms with van der Waals surface area (Å²) < 4.78 is 5.75. The van der Waals surface area contributed by atoms with Crippen LogP contribution in [0.25, 0.3) is 0 Å². The highest BCUT2D eigenvalue weighted by Gasteiger charge is 2.33. The number of hydrogen-bond donors (Lipinski definition) is 2. The molecule has 2 N–H and O–H groups in total. The first kappa shape index (κ1) is 14.3. The molecule has 2 aliphatic rings. The Balaban J connectivity index is 0.00000133. The van der Waals surface area contributed by atoms with Crippen molar-refractivity contribution in [3.63, 3.8) is 0 Å². The van der Waals surface area contributed by atoms with E-state index >= 15 is 0 Å². The van der Waals surface area contributed by atoms with E-state index in [0.717, 1.165) is 25.1 Å². The fourth-order valence-electron chi connectivity index (χ4n) is 2.48. The Labute approximate surface area is 119 Å². The normalized spacial score (nSPS) is 26.3. The first-order valence-corrected chi connectivity index (χ1v) is 6.52. The molecule has 0 aliphatic carbocycles. The minimum Gasteiger partial charge on any atom is -0.371 e. The summed E-state index contributed by atoms with van der Waals surface area (Å²) in [5.41, 5.74) is 1.15. The lowest BCUT2D eigenvalue weighted by molar-refractivity contribution is -0.127. The van der Waals surface area contributed by atoms with Crippen LogP contribution in [0.3, 0.4) is 0 Å². The molecule has 5 heteroatoms. The maximum absolute atomic E-state index is 12.0. The van der Waals surface area contributed by atoms with Crippen LogP contribution in [0.4, 0.5) is 0 Å². The van der Waals surface area contributed by atoms with Gasteiger partial charge in [-0.15, -0.1) is 12.4 Å². The van der Waals surface area contributed by atoms with E-state index in [1.807, 2.05) is 18.2 Å². The summed E-state index contributed by atoms with van der Waals surface area (Å²) in [5, 5.41) is 6.24. The van der Waals surface area contributed by atoms with Crippen LogP contribution in [-0.4, -0.2) is 31.6 Å². The molecular formula is C14H19ClN2O2. The molecule has 0 bridgehead atoms. The first-order valence-electron chi connectivity index (χ1n) is 6.52. The Morgan fingerprint density at radius 3 is 2.63 bits per heavy atom. The van der Waals surface area contributed by atoms with E-state index in [-0.39, 0.29) is 36.4 Å². The Bertz CT molecular complexity index is 423. The number of ether oxygens (including phenoxy) is 1. The summed E-state index contributed by atoms with van der Waals surface area (Å²) in [6, 6.07) is 10.2. The van der Waals surface area contributed by atoms with Crippen LogP contribution in [0.1, 0.15) is 18.1 Å². The van der Waals surface area contributed by atoms with Gasteiger partial charge in [-0.2, -0.15) is 0 Å². The number of carbonyl (C=O) groups excluding carboxylic acids is 1. The largest absolute Gasteiger partial charge is 0.371 e. The van der Waals surface area contributed by atoms with Gasteiger partial charge in [0.25, 0.3) is 0 Å². The van der Waals surface area contributed by atoms with Crippen LogP contribution in [0.5, 0.6) is 0 Å². The molecule has 2 saturated heterocycles. The molecule has 1 aromatic carbocycles. The van der Waals surface area contributed by atoms with E-state index < -0.39 is 0 Å². The second-order valence-electron chi connectivity index (χ2n) is 4.96. The molecule has 2 unspecified atom stereocenters. The average Bonchev–Trinajstić information content (AvgIpc) is 2.76. The summed E-state index contributed by atoms with van der Waals surface area (Å²) in [5.74, 6) is 0.298. The second-order valence-corrected chi connectivity index (χ2v) is 4.96. The molecule has 0 radical (unpaired) electrons. The molecule has 3 rings (SSSR count). The Morgan fingerprint density at radius 1 is 1.26 bits per heavy atom. The standard InChI is InChI=1S/C14H18N2O2.ClH/c17-14(11-8-15-9-11)16-12-6-7-18-13(12)10-4-2-1-3-5-10;/h1-5,11-13,15H,6-9H2,(H,16,17);1H. The number of rotatable bonds is 3. The number of halogens is 1. The molecule has 0 spiro atoms. The maximum atomic E-state index is 12.0. The number of nitrogens with one attached hydrogen (secondary N) is 2. The fourth-order valence-corrected chi connectivity index (χ4v) is 2.48. The van der Waals surface area contributed by atoms with Crippen molar-refractivity contribution in [2.24, 2.45) is 5.92 Å². The SMILES string of the molecule is Cl.O=C(NC1CCOC1c1ccccc1)C1CNC1. The molecule has 0 aromatic heterocycles. The van der Waals surface area contributed by atoms with Crippen LogP contribution >= 0.6 is 12.4 Å². The van der Waals surface area contributed by atoms with Gasteiger partial charge in [0.2, 0.25) is 5.91 Å². The molecule has 4 nitrogen and oxygen atoms in total. The van der Waals surface area contributed by atoms with Crippen LogP contribution in [0.15, 0.2) is 30.3 Å². The van der Waals surface area contributed by atoms with Gasteiger partial charge in [0.05, 0.1) is 12.0 Å². The molecule has 2 fully saturated rings.